The highest BCUT2D eigenvalue weighted by Gasteiger charge is 2.09. The summed E-state index contributed by atoms with van der Waals surface area (Å²) in [7, 11) is -3.66. The van der Waals surface area contributed by atoms with Crippen molar-refractivity contribution in [3.63, 3.8) is 0 Å². The van der Waals surface area contributed by atoms with Crippen LogP contribution in [0.25, 0.3) is 0 Å². The number of para-hydroxylation sites is 1. The van der Waals surface area contributed by atoms with Crippen molar-refractivity contribution in [3.8, 4) is 0 Å². The summed E-state index contributed by atoms with van der Waals surface area (Å²) in [6.07, 6.45) is 4.88. The first-order valence-electron chi connectivity index (χ1n) is 4.59. The van der Waals surface area contributed by atoms with Crippen molar-refractivity contribution in [2.75, 3.05) is 5.73 Å². The largest absolute Gasteiger partial charge is 0.398 e. The minimum absolute atomic E-state index is 0.0278. The average molecular weight is 252 g/mol. The third-order valence-electron chi connectivity index (χ3n) is 1.70. The number of hydrogen-bond acceptors (Lipinski definition) is 5. The summed E-state index contributed by atoms with van der Waals surface area (Å²) in [6.45, 7) is 0. The zero-order valence-electron chi connectivity index (χ0n) is 8.89. The Hall–Kier alpha value is -1.99. The van der Waals surface area contributed by atoms with Gasteiger partial charge in [0.2, 0.25) is 10.0 Å². The van der Waals surface area contributed by atoms with Crippen LogP contribution in [0.5, 0.6) is 0 Å². The molecule has 1 heterocycles. The van der Waals surface area contributed by atoms with Crippen molar-refractivity contribution >= 4 is 15.7 Å². The first-order chi connectivity index (χ1) is 8.02. The molecule has 2 rings (SSSR count). The van der Waals surface area contributed by atoms with Gasteiger partial charge in [0, 0.05) is 12.4 Å². The molecule has 0 amide bonds. The van der Waals surface area contributed by atoms with Gasteiger partial charge >= 0.3 is 0 Å². The van der Waals surface area contributed by atoms with Gasteiger partial charge in [-0.3, -0.25) is 0 Å². The van der Waals surface area contributed by atoms with Crippen LogP contribution in [0.4, 0.5) is 5.69 Å². The van der Waals surface area contributed by atoms with E-state index in [1.54, 1.807) is 30.6 Å². The lowest BCUT2D eigenvalue weighted by Crippen LogP contribution is -2.13. The third kappa shape index (κ3) is 4.58. The molecule has 1 aromatic heterocycles. The zero-order chi connectivity index (χ0) is 12.7. The average Bonchev–Trinajstić information content (AvgIpc) is 2.31. The van der Waals surface area contributed by atoms with Crippen molar-refractivity contribution in [1.82, 2.24) is 9.97 Å². The van der Waals surface area contributed by atoms with E-state index < -0.39 is 10.0 Å². The highest BCUT2D eigenvalue weighted by molar-refractivity contribution is 7.89. The molecule has 0 bridgehead atoms. The van der Waals surface area contributed by atoms with Crippen molar-refractivity contribution < 1.29 is 8.42 Å². The van der Waals surface area contributed by atoms with E-state index in [-0.39, 0.29) is 10.6 Å². The monoisotopic (exact) mass is 252 g/mol. The van der Waals surface area contributed by atoms with Crippen LogP contribution in [0.3, 0.4) is 0 Å². The molecule has 0 radical (unpaired) electrons. The van der Waals surface area contributed by atoms with Crippen molar-refractivity contribution in [2.24, 2.45) is 5.14 Å². The molecule has 0 spiro atoms. The highest BCUT2D eigenvalue weighted by atomic mass is 32.2. The third-order valence-corrected chi connectivity index (χ3v) is 2.69. The van der Waals surface area contributed by atoms with Crippen LogP contribution in [0.2, 0.25) is 0 Å². The van der Waals surface area contributed by atoms with Gasteiger partial charge in [0.05, 0.1) is 5.69 Å². The molecular formula is C10H12N4O2S. The Balaban J connectivity index is 0.000000202. The fraction of sp³-hybridized carbons (Fsp3) is 0. The molecule has 90 valence electrons. The van der Waals surface area contributed by atoms with Gasteiger partial charge in [-0.25, -0.2) is 23.5 Å². The fourth-order valence-corrected chi connectivity index (χ4v) is 1.66. The molecule has 0 fully saturated rings. The Bertz CT molecular complexity index is 531. The number of primary sulfonamides is 1. The summed E-state index contributed by atoms with van der Waals surface area (Å²) in [6, 6.07) is 7.84. The van der Waals surface area contributed by atoms with Gasteiger partial charge in [-0.05, 0) is 18.2 Å². The van der Waals surface area contributed by atoms with Crippen LogP contribution in [-0.2, 0) is 10.0 Å². The predicted octanol–water partition coefficient (Wildman–Crippen LogP) is 0.393. The van der Waals surface area contributed by atoms with Crippen LogP contribution < -0.4 is 10.9 Å². The number of nitrogen functional groups attached to an aromatic ring is 1. The number of sulfonamides is 1. The first kappa shape index (κ1) is 13.1. The molecule has 17 heavy (non-hydrogen) atoms. The summed E-state index contributed by atoms with van der Waals surface area (Å²) in [5.41, 5.74) is 5.52. The first-order valence-corrected chi connectivity index (χ1v) is 6.13. The molecule has 4 N–H and O–H groups in total. The Morgan fingerprint density at radius 3 is 1.88 bits per heavy atom. The number of hydrogen-bond donors (Lipinski definition) is 2. The van der Waals surface area contributed by atoms with E-state index in [0.29, 0.717) is 0 Å². The second-order valence-corrected chi connectivity index (χ2v) is 4.52. The quantitative estimate of drug-likeness (QED) is 0.713. The number of nitrogens with two attached hydrogens (primary N) is 2. The van der Waals surface area contributed by atoms with Crippen molar-refractivity contribution in [3.05, 3.63) is 49.1 Å². The minimum Gasteiger partial charge on any atom is -0.398 e. The van der Waals surface area contributed by atoms with E-state index in [1.165, 1.54) is 18.5 Å². The normalized spacial score (nSPS) is 10.2. The molecule has 1 aromatic carbocycles. The maximum Gasteiger partial charge on any atom is 0.240 e. The molecule has 7 heteroatoms. The Kier molecular flexibility index (Phi) is 4.56. The van der Waals surface area contributed by atoms with Crippen LogP contribution in [0.15, 0.2) is 53.9 Å². The van der Waals surface area contributed by atoms with Gasteiger partial charge in [0.1, 0.15) is 11.2 Å². The second-order valence-electron chi connectivity index (χ2n) is 2.99. The molecular weight excluding hydrogens is 240 g/mol. The SMILES string of the molecule is Nc1ccccc1S(N)(=O)=O.c1cncnc1. The van der Waals surface area contributed by atoms with Crippen LogP contribution in [0.1, 0.15) is 0 Å². The Labute approximate surface area is 99.4 Å². The minimum atomic E-state index is -3.66. The number of aromatic nitrogens is 2. The van der Waals surface area contributed by atoms with Crippen LogP contribution >= 0.6 is 0 Å². The number of benzene rings is 1. The molecule has 0 aliphatic carbocycles. The molecule has 0 saturated heterocycles. The Morgan fingerprint density at radius 1 is 1.00 bits per heavy atom. The smallest absolute Gasteiger partial charge is 0.240 e. The van der Waals surface area contributed by atoms with Crippen molar-refractivity contribution in [1.29, 1.82) is 0 Å². The molecule has 0 aliphatic rings. The lowest BCUT2D eigenvalue weighted by atomic mass is 10.3. The summed E-state index contributed by atoms with van der Waals surface area (Å²) in [5.74, 6) is 0. The molecule has 0 saturated carbocycles. The predicted molar refractivity (Wildman–Crippen MR) is 64.3 cm³/mol. The fourth-order valence-electron chi connectivity index (χ4n) is 0.993. The number of nitrogens with zero attached hydrogens (tertiary/aromatic N) is 2. The maximum absolute atomic E-state index is 10.8. The summed E-state index contributed by atoms with van der Waals surface area (Å²) in [4.78, 5) is 7.32. The van der Waals surface area contributed by atoms with Gasteiger partial charge in [-0.15, -0.1) is 0 Å². The van der Waals surface area contributed by atoms with Crippen LogP contribution in [-0.4, -0.2) is 18.4 Å². The van der Waals surface area contributed by atoms with Gasteiger partial charge in [0.25, 0.3) is 0 Å². The standard InChI is InChI=1S/C6H8N2O2S.C4H4N2/c7-5-3-1-2-4-6(5)11(8,9)10;1-2-5-4-6-3-1/h1-4H,7H2,(H2,8,9,10);1-4H. The van der Waals surface area contributed by atoms with Gasteiger partial charge < -0.3 is 5.73 Å². The van der Waals surface area contributed by atoms with Crippen molar-refractivity contribution in [2.45, 2.75) is 4.90 Å². The maximum atomic E-state index is 10.8. The zero-order valence-corrected chi connectivity index (χ0v) is 9.71. The van der Waals surface area contributed by atoms with E-state index in [4.69, 9.17) is 10.9 Å². The molecule has 6 nitrogen and oxygen atoms in total. The number of anilines is 1. The van der Waals surface area contributed by atoms with E-state index in [0.717, 1.165) is 0 Å². The van der Waals surface area contributed by atoms with Gasteiger partial charge in [-0.2, -0.15) is 0 Å². The van der Waals surface area contributed by atoms with E-state index in [1.807, 2.05) is 0 Å². The highest BCUT2D eigenvalue weighted by Crippen LogP contribution is 2.14. The number of rotatable bonds is 1. The summed E-state index contributed by atoms with van der Waals surface area (Å²) in [5, 5.41) is 4.85. The summed E-state index contributed by atoms with van der Waals surface area (Å²) >= 11 is 0. The lowest BCUT2D eigenvalue weighted by Gasteiger charge is -2.00. The lowest BCUT2D eigenvalue weighted by molar-refractivity contribution is 0.598. The molecule has 0 atom stereocenters. The molecule has 0 unspecified atom stereocenters. The van der Waals surface area contributed by atoms with E-state index in [2.05, 4.69) is 9.97 Å². The van der Waals surface area contributed by atoms with Gasteiger partial charge in [0.15, 0.2) is 0 Å². The van der Waals surface area contributed by atoms with Gasteiger partial charge in [-0.1, -0.05) is 12.1 Å². The van der Waals surface area contributed by atoms with Crippen LogP contribution in [0, 0.1) is 0 Å². The molecule has 0 aliphatic heterocycles. The summed E-state index contributed by atoms with van der Waals surface area (Å²) < 4.78 is 21.5. The topological polar surface area (TPSA) is 112 Å². The second kappa shape index (κ2) is 5.92. The van der Waals surface area contributed by atoms with E-state index in [9.17, 15) is 8.42 Å². The Morgan fingerprint density at radius 2 is 1.59 bits per heavy atom. The van der Waals surface area contributed by atoms with E-state index >= 15 is 0 Å². The molecule has 2 aromatic rings.